The van der Waals surface area contributed by atoms with Gasteiger partial charge in [-0.05, 0) is 0 Å². The van der Waals surface area contributed by atoms with Crippen LogP contribution < -0.4 is 14.3 Å². The summed E-state index contributed by atoms with van der Waals surface area (Å²) in [5, 5.41) is 3.51. The largest absolute Gasteiger partial charge is 0.486 e. The molecule has 0 radical (unpaired) electrons. The molecule has 1 amide bonds. The van der Waals surface area contributed by atoms with Gasteiger partial charge in [-0.2, -0.15) is 4.99 Å². The van der Waals surface area contributed by atoms with E-state index in [4.69, 9.17) is 20.4 Å². The van der Waals surface area contributed by atoms with Crippen LogP contribution in [0, 0.1) is 12.3 Å². The van der Waals surface area contributed by atoms with Crippen molar-refractivity contribution < 1.29 is 18.8 Å². The van der Waals surface area contributed by atoms with Crippen molar-refractivity contribution >= 4 is 27.5 Å². The standard InChI is InChI=1S/C16H11N3O4S/c1-2-5-19-10-8-12-13(22-7-6-21-12)9-14(10)24-16(19)18-15(20)11-3-4-17-23-11/h1,3-4,8-9H,5-7H2. The summed E-state index contributed by atoms with van der Waals surface area (Å²) >= 11 is 1.34. The molecule has 1 aliphatic heterocycles. The SMILES string of the molecule is C#CCn1c(=NC(=O)c2ccno2)sc2cc3c(cc21)OCCO3. The molecule has 2 aromatic heterocycles. The average Bonchev–Trinajstić information content (AvgIpc) is 3.22. The fourth-order valence-corrected chi connectivity index (χ4v) is 3.44. The molecule has 0 unspecified atom stereocenters. The maximum atomic E-state index is 12.2. The predicted octanol–water partition coefficient (Wildman–Crippen LogP) is 1.84. The van der Waals surface area contributed by atoms with E-state index in [9.17, 15) is 4.79 Å². The summed E-state index contributed by atoms with van der Waals surface area (Å²) in [6.45, 7) is 1.29. The second kappa shape index (κ2) is 5.86. The molecule has 3 heterocycles. The minimum atomic E-state index is -0.512. The van der Waals surface area contributed by atoms with Crippen LogP contribution in [-0.4, -0.2) is 28.8 Å². The number of amides is 1. The van der Waals surface area contributed by atoms with Crippen molar-refractivity contribution in [2.45, 2.75) is 6.54 Å². The van der Waals surface area contributed by atoms with Gasteiger partial charge >= 0.3 is 5.91 Å². The molecule has 1 aliphatic rings. The van der Waals surface area contributed by atoms with Crippen molar-refractivity contribution in [1.29, 1.82) is 0 Å². The molecular formula is C16H11N3O4S. The van der Waals surface area contributed by atoms with Gasteiger partial charge in [-0.1, -0.05) is 22.4 Å². The Kier molecular flexibility index (Phi) is 3.55. The molecule has 0 spiro atoms. The van der Waals surface area contributed by atoms with Crippen LogP contribution in [0.5, 0.6) is 11.5 Å². The van der Waals surface area contributed by atoms with Gasteiger partial charge in [0.05, 0.1) is 23.0 Å². The number of terminal acetylenes is 1. The van der Waals surface area contributed by atoms with E-state index in [1.807, 2.05) is 12.1 Å². The molecule has 7 nitrogen and oxygen atoms in total. The van der Waals surface area contributed by atoms with Crippen LogP contribution in [0.1, 0.15) is 10.6 Å². The number of rotatable bonds is 2. The Bertz CT molecular complexity index is 1020. The van der Waals surface area contributed by atoms with Crippen LogP contribution in [0.25, 0.3) is 10.2 Å². The number of hydrogen-bond acceptors (Lipinski definition) is 6. The van der Waals surface area contributed by atoms with E-state index in [0.29, 0.717) is 29.5 Å². The second-order valence-corrected chi connectivity index (χ2v) is 5.94. The number of benzene rings is 1. The number of hydrogen-bond donors (Lipinski definition) is 0. The zero-order valence-corrected chi connectivity index (χ0v) is 13.2. The summed E-state index contributed by atoms with van der Waals surface area (Å²) < 4.78 is 18.7. The number of carbonyl (C=O) groups is 1. The molecular weight excluding hydrogens is 330 g/mol. The molecule has 0 saturated carbocycles. The first-order chi connectivity index (χ1) is 11.8. The summed E-state index contributed by atoms with van der Waals surface area (Å²) in [5.74, 6) is 3.48. The lowest BCUT2D eigenvalue weighted by molar-refractivity contribution is 0.0962. The van der Waals surface area contributed by atoms with Crippen molar-refractivity contribution in [2.24, 2.45) is 4.99 Å². The highest BCUT2D eigenvalue weighted by atomic mass is 32.1. The van der Waals surface area contributed by atoms with Crippen molar-refractivity contribution in [1.82, 2.24) is 9.72 Å². The molecule has 0 saturated heterocycles. The summed E-state index contributed by atoms with van der Waals surface area (Å²) in [6, 6.07) is 5.19. The maximum Gasteiger partial charge on any atom is 0.318 e. The number of aromatic nitrogens is 2. The van der Waals surface area contributed by atoms with Gasteiger partial charge in [0.2, 0.25) is 5.76 Å². The normalized spacial score (nSPS) is 13.9. The van der Waals surface area contributed by atoms with Crippen LogP contribution >= 0.6 is 11.3 Å². The third kappa shape index (κ3) is 2.45. The first-order valence-electron chi connectivity index (χ1n) is 7.12. The number of nitrogens with zero attached hydrogens (tertiary/aromatic N) is 3. The zero-order valence-electron chi connectivity index (χ0n) is 12.4. The van der Waals surface area contributed by atoms with Gasteiger partial charge in [-0.3, -0.25) is 4.79 Å². The first-order valence-corrected chi connectivity index (χ1v) is 7.94. The Hall–Kier alpha value is -3.05. The van der Waals surface area contributed by atoms with E-state index in [-0.39, 0.29) is 12.3 Å². The Morgan fingerprint density at radius 2 is 2.17 bits per heavy atom. The lowest BCUT2D eigenvalue weighted by Crippen LogP contribution is -2.17. The Labute approximate surface area is 140 Å². The minimum absolute atomic E-state index is 0.0747. The van der Waals surface area contributed by atoms with Gasteiger partial charge in [-0.25, -0.2) is 0 Å². The van der Waals surface area contributed by atoms with E-state index in [0.717, 1.165) is 10.2 Å². The molecule has 0 atom stereocenters. The molecule has 3 aromatic rings. The van der Waals surface area contributed by atoms with E-state index >= 15 is 0 Å². The molecule has 24 heavy (non-hydrogen) atoms. The smallest absolute Gasteiger partial charge is 0.318 e. The van der Waals surface area contributed by atoms with Crippen molar-refractivity contribution in [2.75, 3.05) is 13.2 Å². The Morgan fingerprint density at radius 1 is 1.38 bits per heavy atom. The molecule has 0 bridgehead atoms. The van der Waals surface area contributed by atoms with Gasteiger partial charge in [-0.15, -0.1) is 6.42 Å². The quantitative estimate of drug-likeness (QED) is 0.665. The van der Waals surface area contributed by atoms with Crippen molar-refractivity contribution in [3.63, 3.8) is 0 Å². The van der Waals surface area contributed by atoms with E-state index in [1.54, 1.807) is 4.57 Å². The lowest BCUT2D eigenvalue weighted by atomic mass is 10.2. The third-order valence-corrected chi connectivity index (χ3v) is 4.48. The van der Waals surface area contributed by atoms with Crippen molar-refractivity contribution in [3.05, 3.63) is 35.0 Å². The Morgan fingerprint density at radius 3 is 2.88 bits per heavy atom. The fraction of sp³-hybridized carbons (Fsp3) is 0.188. The monoisotopic (exact) mass is 341 g/mol. The third-order valence-electron chi connectivity index (χ3n) is 3.44. The number of fused-ring (bicyclic) bond motifs is 2. The summed E-state index contributed by atoms with van der Waals surface area (Å²) in [6.07, 6.45) is 6.86. The molecule has 8 heteroatoms. The van der Waals surface area contributed by atoms with Gasteiger partial charge in [0.25, 0.3) is 0 Å². The van der Waals surface area contributed by atoms with Crippen molar-refractivity contribution in [3.8, 4) is 23.8 Å². The highest BCUT2D eigenvalue weighted by Gasteiger charge is 2.17. The van der Waals surface area contributed by atoms with Gasteiger partial charge in [0, 0.05) is 18.2 Å². The minimum Gasteiger partial charge on any atom is -0.486 e. The number of thiazole rings is 1. The number of ether oxygens (including phenoxy) is 2. The molecule has 4 rings (SSSR count). The predicted molar refractivity (Wildman–Crippen MR) is 86.0 cm³/mol. The highest BCUT2D eigenvalue weighted by Crippen LogP contribution is 2.35. The molecule has 1 aromatic carbocycles. The highest BCUT2D eigenvalue weighted by molar-refractivity contribution is 7.16. The summed E-state index contributed by atoms with van der Waals surface area (Å²) in [7, 11) is 0. The lowest BCUT2D eigenvalue weighted by Gasteiger charge is -2.18. The van der Waals surface area contributed by atoms with Crippen LogP contribution in [0.3, 0.4) is 0 Å². The maximum absolute atomic E-state index is 12.2. The van der Waals surface area contributed by atoms with Gasteiger partial charge in [0.15, 0.2) is 16.3 Å². The number of carbonyl (C=O) groups excluding carboxylic acids is 1. The van der Waals surface area contributed by atoms with Crippen LogP contribution in [0.2, 0.25) is 0 Å². The van der Waals surface area contributed by atoms with Gasteiger partial charge in [0.1, 0.15) is 13.2 Å². The molecule has 0 N–H and O–H groups in total. The van der Waals surface area contributed by atoms with E-state index in [2.05, 4.69) is 16.1 Å². The molecule has 0 fully saturated rings. The molecule has 0 aliphatic carbocycles. The average molecular weight is 341 g/mol. The summed E-state index contributed by atoms with van der Waals surface area (Å²) in [5.41, 5.74) is 0.839. The molecule has 120 valence electrons. The second-order valence-electron chi connectivity index (χ2n) is 4.93. The van der Waals surface area contributed by atoms with Crippen LogP contribution in [0.15, 0.2) is 33.9 Å². The summed E-state index contributed by atoms with van der Waals surface area (Å²) in [4.78, 5) is 16.8. The van der Waals surface area contributed by atoms with Crippen LogP contribution in [-0.2, 0) is 6.54 Å². The van der Waals surface area contributed by atoms with Crippen LogP contribution in [0.4, 0.5) is 0 Å². The topological polar surface area (TPSA) is 78.9 Å². The first kappa shape index (κ1) is 14.5. The van der Waals surface area contributed by atoms with E-state index < -0.39 is 5.91 Å². The fourth-order valence-electron chi connectivity index (χ4n) is 2.40. The zero-order chi connectivity index (χ0) is 16.5. The van der Waals surface area contributed by atoms with E-state index in [1.165, 1.54) is 23.6 Å². The van der Waals surface area contributed by atoms with Gasteiger partial charge < -0.3 is 18.6 Å². The Balaban J connectivity index is 1.90.